The monoisotopic (exact) mass is 278 g/mol. The van der Waals surface area contributed by atoms with Crippen LogP contribution in [0.2, 0.25) is 0 Å². The molecule has 5 nitrogen and oxygen atoms in total. The van der Waals surface area contributed by atoms with Crippen LogP contribution < -0.4 is 5.32 Å². The van der Waals surface area contributed by atoms with Crippen molar-refractivity contribution in [1.82, 2.24) is 10.3 Å². The Balaban J connectivity index is 2.04. The summed E-state index contributed by atoms with van der Waals surface area (Å²) in [5.41, 5.74) is 1.41. The van der Waals surface area contributed by atoms with Gasteiger partial charge in [0.25, 0.3) is 5.91 Å². The fourth-order valence-corrected chi connectivity index (χ4v) is 2.24. The number of hydrogen-bond acceptors (Lipinski definition) is 3. The van der Waals surface area contributed by atoms with Crippen LogP contribution in [-0.2, 0) is 16.4 Å². The predicted molar refractivity (Wildman–Crippen MR) is 71.5 cm³/mol. The van der Waals surface area contributed by atoms with Gasteiger partial charge in [-0.2, -0.15) is 0 Å². The number of carbonyl (C=O) groups excluding carboxylic acids is 1. The van der Waals surface area contributed by atoms with E-state index in [0.717, 1.165) is 11.8 Å². The quantitative estimate of drug-likeness (QED) is 0.886. The van der Waals surface area contributed by atoms with Gasteiger partial charge in [0.05, 0.1) is 4.90 Å². The van der Waals surface area contributed by atoms with Crippen LogP contribution >= 0.6 is 0 Å². The summed E-state index contributed by atoms with van der Waals surface area (Å²) >= 11 is 0. The molecule has 19 heavy (non-hydrogen) atoms. The number of H-pyrrole nitrogens is 1. The molecule has 0 aliphatic heterocycles. The van der Waals surface area contributed by atoms with E-state index in [0.29, 0.717) is 12.1 Å². The molecule has 100 valence electrons. The lowest BCUT2D eigenvalue weighted by molar-refractivity contribution is 0.0951. The molecular formula is C13H14N2O3S. The van der Waals surface area contributed by atoms with Crippen LogP contribution in [0.25, 0.3) is 0 Å². The van der Waals surface area contributed by atoms with E-state index in [4.69, 9.17) is 0 Å². The maximum atomic E-state index is 11.8. The molecule has 0 saturated carbocycles. The Hall–Kier alpha value is -2.08. The van der Waals surface area contributed by atoms with Gasteiger partial charge < -0.3 is 10.3 Å². The summed E-state index contributed by atoms with van der Waals surface area (Å²) in [6.45, 7) is 0.427. The zero-order chi connectivity index (χ0) is 13.9. The van der Waals surface area contributed by atoms with Crippen LogP contribution in [0.3, 0.4) is 0 Å². The molecule has 1 amide bonds. The number of rotatable bonds is 4. The van der Waals surface area contributed by atoms with Gasteiger partial charge >= 0.3 is 0 Å². The average molecular weight is 278 g/mol. The van der Waals surface area contributed by atoms with Gasteiger partial charge in [-0.3, -0.25) is 4.79 Å². The molecule has 0 aliphatic rings. The van der Waals surface area contributed by atoms with Gasteiger partial charge in [0.15, 0.2) is 9.84 Å². The van der Waals surface area contributed by atoms with E-state index in [9.17, 15) is 13.2 Å². The number of sulfone groups is 1. The fraction of sp³-hybridized carbons (Fsp3) is 0.154. The van der Waals surface area contributed by atoms with Gasteiger partial charge in [-0.05, 0) is 35.9 Å². The summed E-state index contributed by atoms with van der Waals surface area (Å²) in [6, 6.07) is 7.74. The first-order chi connectivity index (χ1) is 8.97. The van der Waals surface area contributed by atoms with Crippen molar-refractivity contribution in [2.45, 2.75) is 11.4 Å². The second-order valence-electron chi connectivity index (χ2n) is 4.20. The number of aromatic amines is 1. The molecule has 0 saturated heterocycles. The van der Waals surface area contributed by atoms with E-state index >= 15 is 0 Å². The third kappa shape index (κ3) is 3.45. The van der Waals surface area contributed by atoms with E-state index in [2.05, 4.69) is 10.3 Å². The molecule has 6 heteroatoms. The van der Waals surface area contributed by atoms with Gasteiger partial charge in [0.2, 0.25) is 0 Å². The number of nitrogens with one attached hydrogen (secondary N) is 2. The van der Waals surface area contributed by atoms with Crippen molar-refractivity contribution >= 4 is 15.7 Å². The largest absolute Gasteiger partial charge is 0.367 e. The fourth-order valence-electron chi connectivity index (χ4n) is 1.61. The van der Waals surface area contributed by atoms with Crippen molar-refractivity contribution in [2.24, 2.45) is 0 Å². The van der Waals surface area contributed by atoms with Crippen LogP contribution in [0, 0.1) is 0 Å². The summed E-state index contributed by atoms with van der Waals surface area (Å²) in [4.78, 5) is 14.9. The zero-order valence-corrected chi connectivity index (χ0v) is 11.2. The van der Waals surface area contributed by atoms with Crippen molar-refractivity contribution in [3.05, 3.63) is 53.9 Å². The molecule has 1 aromatic heterocycles. The normalized spacial score (nSPS) is 11.2. The van der Waals surface area contributed by atoms with Gasteiger partial charge in [-0.1, -0.05) is 0 Å². The molecular weight excluding hydrogens is 264 g/mol. The summed E-state index contributed by atoms with van der Waals surface area (Å²) < 4.78 is 22.6. The van der Waals surface area contributed by atoms with Crippen LogP contribution in [0.5, 0.6) is 0 Å². The third-order valence-corrected chi connectivity index (χ3v) is 3.79. The molecule has 0 fully saturated rings. The molecule has 0 spiro atoms. The molecule has 2 N–H and O–H groups in total. The Labute approximate surface area is 111 Å². The Morgan fingerprint density at radius 2 is 1.89 bits per heavy atom. The second kappa shape index (κ2) is 5.27. The van der Waals surface area contributed by atoms with Crippen LogP contribution in [0.1, 0.15) is 15.9 Å². The number of amides is 1. The minimum absolute atomic E-state index is 0.203. The van der Waals surface area contributed by atoms with Crippen molar-refractivity contribution in [3.63, 3.8) is 0 Å². The van der Waals surface area contributed by atoms with Crippen LogP contribution in [0.15, 0.2) is 47.6 Å². The molecule has 0 atom stereocenters. The topological polar surface area (TPSA) is 79.0 Å². The smallest absolute Gasteiger partial charge is 0.251 e. The summed E-state index contributed by atoms with van der Waals surface area (Å²) in [6.07, 6.45) is 4.71. The molecule has 2 aromatic rings. The lowest BCUT2D eigenvalue weighted by Crippen LogP contribution is -2.22. The number of carbonyl (C=O) groups is 1. The van der Waals surface area contributed by atoms with E-state index in [1.807, 2.05) is 6.07 Å². The first-order valence-electron chi connectivity index (χ1n) is 5.67. The minimum Gasteiger partial charge on any atom is -0.367 e. The Morgan fingerprint density at radius 3 is 2.42 bits per heavy atom. The van der Waals surface area contributed by atoms with E-state index in [-0.39, 0.29) is 10.8 Å². The van der Waals surface area contributed by atoms with Crippen molar-refractivity contribution in [3.8, 4) is 0 Å². The molecule has 0 radical (unpaired) electrons. The van der Waals surface area contributed by atoms with E-state index in [1.54, 1.807) is 12.4 Å². The molecule has 2 rings (SSSR count). The second-order valence-corrected chi connectivity index (χ2v) is 6.21. The highest BCUT2D eigenvalue weighted by molar-refractivity contribution is 7.90. The van der Waals surface area contributed by atoms with E-state index in [1.165, 1.54) is 24.3 Å². The number of aromatic nitrogens is 1. The first-order valence-corrected chi connectivity index (χ1v) is 7.56. The van der Waals surface area contributed by atoms with Crippen molar-refractivity contribution in [2.75, 3.05) is 6.26 Å². The highest BCUT2D eigenvalue weighted by Gasteiger charge is 2.09. The predicted octanol–water partition coefficient (Wildman–Crippen LogP) is 1.35. The molecule has 0 bridgehead atoms. The van der Waals surface area contributed by atoms with Crippen molar-refractivity contribution < 1.29 is 13.2 Å². The van der Waals surface area contributed by atoms with Crippen LogP contribution in [0.4, 0.5) is 0 Å². The number of benzene rings is 1. The molecule has 0 aliphatic carbocycles. The lowest BCUT2D eigenvalue weighted by Gasteiger charge is -2.04. The number of hydrogen-bond donors (Lipinski definition) is 2. The zero-order valence-electron chi connectivity index (χ0n) is 10.4. The lowest BCUT2D eigenvalue weighted by atomic mass is 10.2. The molecule has 1 heterocycles. The molecule has 0 unspecified atom stereocenters. The molecule has 1 aromatic carbocycles. The van der Waals surface area contributed by atoms with Gasteiger partial charge in [-0.25, -0.2) is 8.42 Å². The average Bonchev–Trinajstić information content (AvgIpc) is 2.88. The summed E-state index contributed by atoms with van der Waals surface area (Å²) in [7, 11) is -3.23. The summed E-state index contributed by atoms with van der Waals surface area (Å²) in [5.74, 6) is -0.235. The first kappa shape index (κ1) is 13.4. The van der Waals surface area contributed by atoms with Gasteiger partial charge in [-0.15, -0.1) is 0 Å². The maximum Gasteiger partial charge on any atom is 0.251 e. The van der Waals surface area contributed by atoms with Gasteiger partial charge in [0, 0.05) is 30.8 Å². The highest BCUT2D eigenvalue weighted by Crippen LogP contribution is 2.10. The standard InChI is InChI=1S/C13H14N2O3S/c1-19(17,18)12-4-2-11(3-5-12)13(16)15-9-10-6-7-14-8-10/h2-8,14H,9H2,1H3,(H,15,16). The summed E-state index contributed by atoms with van der Waals surface area (Å²) in [5, 5.41) is 2.75. The Morgan fingerprint density at radius 1 is 1.21 bits per heavy atom. The van der Waals surface area contributed by atoms with Gasteiger partial charge in [0.1, 0.15) is 0 Å². The SMILES string of the molecule is CS(=O)(=O)c1ccc(C(=O)NCc2cc[nH]c2)cc1. The van der Waals surface area contributed by atoms with Crippen LogP contribution in [-0.4, -0.2) is 25.6 Å². The third-order valence-electron chi connectivity index (χ3n) is 2.66. The Bertz CT molecular complexity index is 658. The Kier molecular flexibility index (Phi) is 3.71. The maximum absolute atomic E-state index is 11.8. The highest BCUT2D eigenvalue weighted by atomic mass is 32.2. The van der Waals surface area contributed by atoms with E-state index < -0.39 is 9.84 Å². The van der Waals surface area contributed by atoms with Crippen molar-refractivity contribution in [1.29, 1.82) is 0 Å². The minimum atomic E-state index is -3.23.